The first-order valence-corrected chi connectivity index (χ1v) is 8.57. The Bertz CT molecular complexity index is 631. The van der Waals surface area contributed by atoms with E-state index in [1.54, 1.807) is 11.8 Å². The molecule has 0 aliphatic carbocycles. The van der Waals surface area contributed by atoms with E-state index in [2.05, 4.69) is 25.1 Å². The summed E-state index contributed by atoms with van der Waals surface area (Å²) in [6, 6.07) is 13.8. The van der Waals surface area contributed by atoms with Gasteiger partial charge < -0.3 is 21.1 Å². The molecule has 23 heavy (non-hydrogen) atoms. The molecule has 0 heterocycles. The number of unbranched alkanes of at least 4 members (excludes halogenated alkanes) is 1. The van der Waals surface area contributed by atoms with Crippen LogP contribution in [0, 0.1) is 0 Å². The fourth-order valence-corrected chi connectivity index (χ4v) is 3.06. The number of anilines is 2. The average Bonchev–Trinajstić information content (AvgIpc) is 2.52. The van der Waals surface area contributed by atoms with E-state index < -0.39 is 0 Å². The van der Waals surface area contributed by atoms with Crippen LogP contribution in [0.1, 0.15) is 12.8 Å². The fourth-order valence-electron chi connectivity index (χ4n) is 2.11. The molecule has 0 atom stereocenters. The molecule has 124 valence electrons. The van der Waals surface area contributed by atoms with Gasteiger partial charge in [-0.1, -0.05) is 23.9 Å². The summed E-state index contributed by atoms with van der Waals surface area (Å²) >= 11 is 1.64. The molecular weight excluding hydrogens is 306 g/mol. The quantitative estimate of drug-likeness (QED) is 0.570. The number of rotatable bonds is 8. The lowest BCUT2D eigenvalue weighted by atomic mass is 10.3. The zero-order chi connectivity index (χ0) is 16.7. The Labute approximate surface area is 142 Å². The maximum atomic E-state index is 5.95. The predicted molar refractivity (Wildman–Crippen MR) is 99.1 cm³/mol. The Morgan fingerprint density at radius 2 is 1.78 bits per heavy atom. The molecule has 0 saturated carbocycles. The highest BCUT2D eigenvalue weighted by molar-refractivity contribution is 7.99. The summed E-state index contributed by atoms with van der Waals surface area (Å²) in [4.78, 5) is 4.33. The molecule has 0 fully saturated rings. The van der Waals surface area contributed by atoms with Crippen molar-refractivity contribution in [3.8, 4) is 5.75 Å². The smallest absolute Gasteiger partial charge is 0.133 e. The topological polar surface area (TPSA) is 64.5 Å². The summed E-state index contributed by atoms with van der Waals surface area (Å²) in [7, 11) is 4.18. The van der Waals surface area contributed by atoms with E-state index in [0.29, 0.717) is 11.4 Å². The summed E-state index contributed by atoms with van der Waals surface area (Å²) in [5, 5.41) is 0. The van der Waals surface area contributed by atoms with E-state index in [4.69, 9.17) is 16.2 Å². The maximum absolute atomic E-state index is 5.95. The van der Waals surface area contributed by atoms with Gasteiger partial charge in [0.25, 0.3) is 0 Å². The Morgan fingerprint density at radius 1 is 1.00 bits per heavy atom. The second kappa shape index (κ2) is 8.70. The molecule has 4 N–H and O–H groups in total. The predicted octanol–water partition coefficient (Wildman–Crippen LogP) is 3.72. The van der Waals surface area contributed by atoms with Crippen molar-refractivity contribution in [2.45, 2.75) is 22.6 Å². The summed E-state index contributed by atoms with van der Waals surface area (Å²) in [6.07, 6.45) is 2.18. The average molecular weight is 331 g/mol. The standard InChI is InChI=1S/C18H25N3OS/c1-21(2)11-5-6-12-22-17-7-3-4-8-18(17)23-14-9-10-15(19)16(20)13-14/h3-4,7-10,13H,5-6,11-12,19-20H2,1-2H3. The first-order chi connectivity index (χ1) is 11.1. The van der Waals surface area contributed by atoms with Gasteiger partial charge in [0.05, 0.1) is 22.9 Å². The van der Waals surface area contributed by atoms with Crippen LogP contribution in [0.4, 0.5) is 11.4 Å². The van der Waals surface area contributed by atoms with Crippen LogP contribution in [0.2, 0.25) is 0 Å². The number of nitrogens with zero attached hydrogens (tertiary/aromatic N) is 1. The Kier molecular flexibility index (Phi) is 6.62. The third kappa shape index (κ3) is 5.69. The molecule has 0 amide bonds. The summed E-state index contributed by atoms with van der Waals surface area (Å²) in [6.45, 7) is 1.82. The number of hydrogen-bond donors (Lipinski definition) is 2. The van der Waals surface area contributed by atoms with Gasteiger partial charge in [-0.15, -0.1) is 0 Å². The molecule has 0 aromatic heterocycles. The van der Waals surface area contributed by atoms with E-state index in [0.717, 1.165) is 41.5 Å². The molecule has 0 unspecified atom stereocenters. The van der Waals surface area contributed by atoms with Gasteiger partial charge in [0, 0.05) is 4.90 Å². The normalized spacial score (nSPS) is 10.9. The van der Waals surface area contributed by atoms with Crippen molar-refractivity contribution in [2.24, 2.45) is 0 Å². The Balaban J connectivity index is 1.95. The van der Waals surface area contributed by atoms with Gasteiger partial charge in [0.1, 0.15) is 5.75 Å². The molecule has 4 nitrogen and oxygen atoms in total. The number of hydrogen-bond acceptors (Lipinski definition) is 5. The molecule has 2 aromatic carbocycles. The van der Waals surface area contributed by atoms with E-state index >= 15 is 0 Å². The van der Waals surface area contributed by atoms with Crippen molar-refractivity contribution in [1.29, 1.82) is 0 Å². The molecular formula is C18H25N3OS. The molecule has 0 aliphatic rings. The summed E-state index contributed by atoms with van der Waals surface area (Å²) < 4.78 is 5.95. The third-order valence-electron chi connectivity index (χ3n) is 3.39. The lowest BCUT2D eigenvalue weighted by Crippen LogP contribution is -2.13. The van der Waals surface area contributed by atoms with Gasteiger partial charge >= 0.3 is 0 Å². The van der Waals surface area contributed by atoms with Crippen molar-refractivity contribution in [2.75, 3.05) is 38.7 Å². The molecule has 5 heteroatoms. The third-order valence-corrected chi connectivity index (χ3v) is 4.44. The van der Waals surface area contributed by atoms with Crippen LogP contribution in [-0.2, 0) is 0 Å². The second-order valence-corrected chi connectivity index (χ2v) is 6.81. The first-order valence-electron chi connectivity index (χ1n) is 7.75. The largest absolute Gasteiger partial charge is 0.492 e. The van der Waals surface area contributed by atoms with Gasteiger partial charge in [-0.25, -0.2) is 0 Å². The number of benzene rings is 2. The lowest BCUT2D eigenvalue weighted by Gasteiger charge is -2.13. The van der Waals surface area contributed by atoms with E-state index in [9.17, 15) is 0 Å². The second-order valence-electron chi connectivity index (χ2n) is 5.70. The van der Waals surface area contributed by atoms with Crippen LogP contribution < -0.4 is 16.2 Å². The minimum Gasteiger partial charge on any atom is -0.492 e. The molecule has 0 spiro atoms. The number of nitrogen functional groups attached to an aromatic ring is 2. The molecule has 0 radical (unpaired) electrons. The van der Waals surface area contributed by atoms with E-state index in [1.807, 2.05) is 36.4 Å². The van der Waals surface area contributed by atoms with Gasteiger partial charge in [0.15, 0.2) is 0 Å². The van der Waals surface area contributed by atoms with Gasteiger partial charge in [-0.3, -0.25) is 0 Å². The molecule has 0 bridgehead atoms. The minimum atomic E-state index is 0.608. The molecule has 2 rings (SSSR count). The summed E-state index contributed by atoms with van der Waals surface area (Å²) in [5.41, 5.74) is 12.9. The van der Waals surface area contributed by atoms with E-state index in [-0.39, 0.29) is 0 Å². The van der Waals surface area contributed by atoms with Crippen molar-refractivity contribution in [3.05, 3.63) is 42.5 Å². The van der Waals surface area contributed by atoms with Crippen molar-refractivity contribution in [3.63, 3.8) is 0 Å². The van der Waals surface area contributed by atoms with Crippen LogP contribution in [0.3, 0.4) is 0 Å². The van der Waals surface area contributed by atoms with E-state index in [1.165, 1.54) is 0 Å². The van der Waals surface area contributed by atoms with Crippen LogP contribution in [0.25, 0.3) is 0 Å². The van der Waals surface area contributed by atoms with Crippen molar-refractivity contribution in [1.82, 2.24) is 4.90 Å². The monoisotopic (exact) mass is 331 g/mol. The Morgan fingerprint density at radius 3 is 2.52 bits per heavy atom. The highest BCUT2D eigenvalue weighted by atomic mass is 32.2. The molecule has 2 aromatic rings. The van der Waals surface area contributed by atoms with Crippen LogP contribution >= 0.6 is 11.8 Å². The van der Waals surface area contributed by atoms with Crippen LogP contribution in [-0.4, -0.2) is 32.1 Å². The lowest BCUT2D eigenvalue weighted by molar-refractivity contribution is 0.287. The highest BCUT2D eigenvalue weighted by Crippen LogP contribution is 2.36. The van der Waals surface area contributed by atoms with Gasteiger partial charge in [-0.2, -0.15) is 0 Å². The number of ether oxygens (including phenoxy) is 1. The SMILES string of the molecule is CN(C)CCCCOc1ccccc1Sc1ccc(N)c(N)c1. The van der Waals surface area contributed by atoms with Gasteiger partial charge in [0.2, 0.25) is 0 Å². The minimum absolute atomic E-state index is 0.608. The zero-order valence-electron chi connectivity index (χ0n) is 13.8. The summed E-state index contributed by atoms with van der Waals surface area (Å²) in [5.74, 6) is 0.915. The van der Waals surface area contributed by atoms with Crippen LogP contribution in [0.5, 0.6) is 5.75 Å². The fraction of sp³-hybridized carbons (Fsp3) is 0.333. The number of para-hydroxylation sites is 1. The Hall–Kier alpha value is -1.85. The number of nitrogens with two attached hydrogens (primary N) is 2. The zero-order valence-corrected chi connectivity index (χ0v) is 14.6. The molecule has 0 aliphatic heterocycles. The van der Waals surface area contributed by atoms with Crippen molar-refractivity contribution < 1.29 is 4.74 Å². The maximum Gasteiger partial charge on any atom is 0.133 e. The highest BCUT2D eigenvalue weighted by Gasteiger charge is 2.06. The molecule has 0 saturated heterocycles. The van der Waals surface area contributed by atoms with Gasteiger partial charge in [-0.05, 0) is 63.8 Å². The first kappa shape index (κ1) is 17.5. The van der Waals surface area contributed by atoms with Crippen LogP contribution in [0.15, 0.2) is 52.3 Å². The van der Waals surface area contributed by atoms with Crippen molar-refractivity contribution >= 4 is 23.1 Å².